The van der Waals surface area contributed by atoms with Crippen LogP contribution in [0.2, 0.25) is 10.0 Å². The van der Waals surface area contributed by atoms with E-state index in [2.05, 4.69) is 5.32 Å². The van der Waals surface area contributed by atoms with Crippen molar-refractivity contribution >= 4 is 45.7 Å². The van der Waals surface area contributed by atoms with Crippen LogP contribution in [0.3, 0.4) is 0 Å². The van der Waals surface area contributed by atoms with Gasteiger partial charge in [0.1, 0.15) is 5.56 Å². The Morgan fingerprint density at radius 2 is 1.91 bits per heavy atom. The van der Waals surface area contributed by atoms with Gasteiger partial charge < -0.3 is 15.0 Å². The number of para-hydroxylation sites is 1. The molecule has 4 nitrogen and oxygen atoms in total. The molecule has 118 valence electrons. The molecule has 1 amide bonds. The standard InChI is InChI=1S/C17H14Cl2N2O2/c1-2-21-13-9-4-3-6-10(13)14(17(21)23)16(22)20-12-8-5-7-11(18)15(12)19/h3-9,23H,2H2,1H3,(H,20,22). The molecule has 1 heterocycles. The number of aryl methyl sites for hydroxylation is 1. The first-order chi connectivity index (χ1) is 11.0. The quantitative estimate of drug-likeness (QED) is 0.705. The third-order valence-corrected chi connectivity index (χ3v) is 4.51. The Kier molecular flexibility index (Phi) is 4.20. The van der Waals surface area contributed by atoms with Gasteiger partial charge in [-0.15, -0.1) is 0 Å². The number of aromatic nitrogens is 1. The van der Waals surface area contributed by atoms with Crippen molar-refractivity contribution in [3.8, 4) is 5.88 Å². The summed E-state index contributed by atoms with van der Waals surface area (Å²) in [5, 5.41) is 14.4. The van der Waals surface area contributed by atoms with E-state index < -0.39 is 5.91 Å². The molecular weight excluding hydrogens is 335 g/mol. The zero-order valence-electron chi connectivity index (χ0n) is 12.3. The molecule has 0 spiro atoms. The first kappa shape index (κ1) is 15.7. The lowest BCUT2D eigenvalue weighted by Crippen LogP contribution is -2.12. The normalized spacial score (nSPS) is 10.9. The van der Waals surface area contributed by atoms with Gasteiger partial charge in [-0.2, -0.15) is 0 Å². The topological polar surface area (TPSA) is 54.3 Å². The number of benzene rings is 2. The van der Waals surface area contributed by atoms with Crippen LogP contribution in [0.25, 0.3) is 10.9 Å². The van der Waals surface area contributed by atoms with Crippen molar-refractivity contribution in [2.75, 3.05) is 5.32 Å². The molecule has 0 saturated heterocycles. The summed E-state index contributed by atoms with van der Waals surface area (Å²) in [5.74, 6) is -0.501. The minimum absolute atomic E-state index is 0.0654. The number of rotatable bonds is 3. The SMILES string of the molecule is CCn1c(O)c(C(=O)Nc2cccc(Cl)c2Cl)c2ccccc21. The third-order valence-electron chi connectivity index (χ3n) is 3.69. The van der Waals surface area contributed by atoms with E-state index in [1.165, 1.54) is 0 Å². The largest absolute Gasteiger partial charge is 0.494 e. The Hall–Kier alpha value is -2.17. The van der Waals surface area contributed by atoms with Crippen LogP contribution in [0.4, 0.5) is 5.69 Å². The van der Waals surface area contributed by atoms with Crippen molar-refractivity contribution in [3.63, 3.8) is 0 Å². The maximum Gasteiger partial charge on any atom is 0.261 e. The highest BCUT2D eigenvalue weighted by molar-refractivity contribution is 6.44. The molecule has 0 aliphatic heterocycles. The molecule has 3 rings (SSSR count). The molecule has 0 radical (unpaired) electrons. The summed E-state index contributed by atoms with van der Waals surface area (Å²) in [5.41, 5.74) is 1.42. The average Bonchev–Trinajstić information content (AvgIpc) is 2.83. The fourth-order valence-corrected chi connectivity index (χ4v) is 2.97. The average molecular weight is 349 g/mol. The number of nitrogens with one attached hydrogen (secondary N) is 1. The van der Waals surface area contributed by atoms with Crippen LogP contribution >= 0.6 is 23.2 Å². The van der Waals surface area contributed by atoms with E-state index in [1.54, 1.807) is 28.8 Å². The predicted octanol–water partition coefficient (Wildman–Crippen LogP) is 4.93. The fraction of sp³-hybridized carbons (Fsp3) is 0.118. The van der Waals surface area contributed by atoms with E-state index in [1.807, 2.05) is 25.1 Å². The minimum atomic E-state index is -0.435. The summed E-state index contributed by atoms with van der Waals surface area (Å²) >= 11 is 12.1. The van der Waals surface area contributed by atoms with Crippen molar-refractivity contribution in [1.29, 1.82) is 0 Å². The van der Waals surface area contributed by atoms with E-state index in [0.29, 0.717) is 22.6 Å². The molecule has 0 aliphatic carbocycles. The molecule has 0 bridgehead atoms. The molecule has 1 aromatic heterocycles. The van der Waals surface area contributed by atoms with E-state index in [-0.39, 0.29) is 16.5 Å². The Morgan fingerprint density at radius 1 is 1.17 bits per heavy atom. The monoisotopic (exact) mass is 348 g/mol. The molecule has 0 fully saturated rings. The summed E-state index contributed by atoms with van der Waals surface area (Å²) in [7, 11) is 0. The second-order valence-electron chi connectivity index (χ2n) is 5.02. The van der Waals surface area contributed by atoms with Gasteiger partial charge in [0.25, 0.3) is 5.91 Å². The molecule has 0 atom stereocenters. The van der Waals surface area contributed by atoms with Gasteiger partial charge in [-0.25, -0.2) is 0 Å². The maximum absolute atomic E-state index is 12.7. The summed E-state index contributed by atoms with van der Waals surface area (Å²) in [6.45, 7) is 2.46. The molecule has 2 N–H and O–H groups in total. The number of anilines is 1. The second-order valence-corrected chi connectivity index (χ2v) is 5.80. The number of nitrogens with zero attached hydrogens (tertiary/aromatic N) is 1. The molecule has 0 unspecified atom stereocenters. The van der Waals surface area contributed by atoms with Crippen LogP contribution in [0.15, 0.2) is 42.5 Å². The van der Waals surface area contributed by atoms with Crippen LogP contribution < -0.4 is 5.32 Å². The highest BCUT2D eigenvalue weighted by Crippen LogP contribution is 2.34. The van der Waals surface area contributed by atoms with Gasteiger partial charge in [0.15, 0.2) is 0 Å². The van der Waals surface area contributed by atoms with Crippen LogP contribution in [0.5, 0.6) is 5.88 Å². The number of aromatic hydroxyl groups is 1. The molecule has 0 aliphatic rings. The summed E-state index contributed by atoms with van der Waals surface area (Å²) in [6, 6.07) is 12.3. The van der Waals surface area contributed by atoms with Crippen molar-refractivity contribution in [1.82, 2.24) is 4.57 Å². The van der Waals surface area contributed by atoms with Crippen LogP contribution in [0, 0.1) is 0 Å². The highest BCUT2D eigenvalue weighted by atomic mass is 35.5. The van der Waals surface area contributed by atoms with Crippen molar-refractivity contribution in [2.24, 2.45) is 0 Å². The molecule has 23 heavy (non-hydrogen) atoms. The minimum Gasteiger partial charge on any atom is -0.494 e. The number of carbonyl (C=O) groups is 1. The van der Waals surface area contributed by atoms with Crippen LogP contribution in [-0.2, 0) is 6.54 Å². The smallest absolute Gasteiger partial charge is 0.261 e. The van der Waals surface area contributed by atoms with Crippen LogP contribution in [0.1, 0.15) is 17.3 Å². The summed E-state index contributed by atoms with van der Waals surface area (Å²) in [4.78, 5) is 12.7. The number of halogens is 2. The predicted molar refractivity (Wildman–Crippen MR) is 93.7 cm³/mol. The number of fused-ring (bicyclic) bond motifs is 1. The van der Waals surface area contributed by atoms with Gasteiger partial charge in [-0.3, -0.25) is 4.79 Å². The summed E-state index contributed by atoms with van der Waals surface area (Å²) in [6.07, 6.45) is 0. The Labute approximate surface area is 143 Å². The molecular formula is C17H14Cl2N2O2. The van der Waals surface area contributed by atoms with Gasteiger partial charge in [-0.05, 0) is 25.1 Å². The second kappa shape index (κ2) is 6.14. The van der Waals surface area contributed by atoms with Crippen molar-refractivity contribution in [3.05, 3.63) is 58.1 Å². The first-order valence-electron chi connectivity index (χ1n) is 7.10. The van der Waals surface area contributed by atoms with Crippen molar-refractivity contribution in [2.45, 2.75) is 13.5 Å². The van der Waals surface area contributed by atoms with Crippen molar-refractivity contribution < 1.29 is 9.90 Å². The number of amides is 1. The van der Waals surface area contributed by atoms with E-state index in [4.69, 9.17) is 23.2 Å². The summed E-state index contributed by atoms with van der Waals surface area (Å²) < 4.78 is 1.68. The highest BCUT2D eigenvalue weighted by Gasteiger charge is 2.22. The lowest BCUT2D eigenvalue weighted by molar-refractivity contribution is 0.102. The van der Waals surface area contributed by atoms with Gasteiger partial charge in [0.2, 0.25) is 5.88 Å². The Bertz CT molecular complexity index is 903. The van der Waals surface area contributed by atoms with Gasteiger partial charge >= 0.3 is 0 Å². The first-order valence-corrected chi connectivity index (χ1v) is 7.85. The Balaban J connectivity index is 2.08. The zero-order chi connectivity index (χ0) is 16.6. The molecule has 0 saturated carbocycles. The van der Waals surface area contributed by atoms with Gasteiger partial charge in [0.05, 0.1) is 21.2 Å². The van der Waals surface area contributed by atoms with Gasteiger partial charge in [-0.1, -0.05) is 47.5 Å². The molecule has 3 aromatic rings. The maximum atomic E-state index is 12.7. The van der Waals surface area contributed by atoms with Gasteiger partial charge in [0, 0.05) is 11.9 Å². The lowest BCUT2D eigenvalue weighted by atomic mass is 10.1. The fourth-order valence-electron chi connectivity index (χ4n) is 2.62. The lowest BCUT2D eigenvalue weighted by Gasteiger charge is -2.08. The zero-order valence-corrected chi connectivity index (χ0v) is 13.8. The number of hydrogen-bond donors (Lipinski definition) is 2. The van der Waals surface area contributed by atoms with E-state index in [0.717, 1.165) is 5.52 Å². The third kappa shape index (κ3) is 2.64. The number of hydrogen-bond acceptors (Lipinski definition) is 2. The molecule has 6 heteroatoms. The Morgan fingerprint density at radius 3 is 2.65 bits per heavy atom. The van der Waals surface area contributed by atoms with Crippen LogP contribution in [-0.4, -0.2) is 15.6 Å². The number of carbonyl (C=O) groups excluding carboxylic acids is 1. The van der Waals surface area contributed by atoms with E-state index >= 15 is 0 Å². The molecule has 2 aromatic carbocycles. The van der Waals surface area contributed by atoms with E-state index in [9.17, 15) is 9.90 Å².